The van der Waals surface area contributed by atoms with E-state index in [1.165, 1.54) is 36.3 Å². The van der Waals surface area contributed by atoms with Gasteiger partial charge in [0.05, 0.1) is 24.2 Å². The molecule has 0 bridgehead atoms. The van der Waals surface area contributed by atoms with Crippen molar-refractivity contribution in [3.63, 3.8) is 0 Å². The van der Waals surface area contributed by atoms with E-state index in [4.69, 9.17) is 4.74 Å². The number of benzene rings is 3. The molecule has 1 heterocycles. The van der Waals surface area contributed by atoms with Gasteiger partial charge in [0.1, 0.15) is 11.6 Å². The molecule has 3 aromatic carbocycles. The van der Waals surface area contributed by atoms with Gasteiger partial charge < -0.3 is 20.7 Å². The van der Waals surface area contributed by atoms with Crippen LogP contribution in [0.2, 0.25) is 0 Å². The zero-order chi connectivity index (χ0) is 24.6. The Morgan fingerprint density at radius 3 is 2.40 bits per heavy atom. The van der Waals surface area contributed by atoms with Crippen LogP contribution in [0.25, 0.3) is 0 Å². The molecule has 0 aliphatic heterocycles. The number of nitrogens with one attached hydrogen (secondary N) is 3. The number of aromatic nitrogens is 2. The Labute approximate surface area is 208 Å². The highest BCUT2D eigenvalue weighted by atomic mass is 32.2. The Balaban J connectivity index is 1.27. The molecule has 35 heavy (non-hydrogen) atoms. The molecule has 0 atom stereocenters. The summed E-state index contributed by atoms with van der Waals surface area (Å²) < 4.78 is 19.6. The number of carbonyl (C=O) groups excluding carboxylic acids is 2. The van der Waals surface area contributed by atoms with Gasteiger partial charge in [-0.25, -0.2) is 4.39 Å². The highest BCUT2D eigenvalue weighted by Crippen LogP contribution is 2.28. The third kappa shape index (κ3) is 6.55. The highest BCUT2D eigenvalue weighted by molar-refractivity contribution is 8.01. The van der Waals surface area contributed by atoms with E-state index in [1.54, 1.807) is 60.7 Å². The van der Waals surface area contributed by atoms with Crippen molar-refractivity contribution in [2.75, 3.05) is 28.8 Å². The van der Waals surface area contributed by atoms with Crippen molar-refractivity contribution in [2.24, 2.45) is 0 Å². The van der Waals surface area contributed by atoms with Crippen molar-refractivity contribution in [1.82, 2.24) is 10.2 Å². The zero-order valence-electron chi connectivity index (χ0n) is 18.4. The summed E-state index contributed by atoms with van der Waals surface area (Å²) in [5.41, 5.74) is 1.87. The van der Waals surface area contributed by atoms with Crippen molar-refractivity contribution in [3.05, 3.63) is 84.2 Å². The van der Waals surface area contributed by atoms with Gasteiger partial charge in [-0.15, -0.1) is 10.2 Å². The van der Waals surface area contributed by atoms with Gasteiger partial charge in [0.25, 0.3) is 5.91 Å². The van der Waals surface area contributed by atoms with Crippen LogP contribution < -0.4 is 20.7 Å². The van der Waals surface area contributed by atoms with E-state index < -0.39 is 0 Å². The lowest BCUT2D eigenvalue weighted by atomic mass is 10.2. The number of hydrogen-bond donors (Lipinski definition) is 3. The number of ether oxygens (including phenoxy) is 1. The lowest BCUT2D eigenvalue weighted by molar-refractivity contribution is -0.113. The van der Waals surface area contributed by atoms with Crippen LogP contribution in [0.1, 0.15) is 10.4 Å². The molecule has 0 aliphatic rings. The fourth-order valence-corrected chi connectivity index (χ4v) is 4.53. The number of carbonyl (C=O) groups is 2. The minimum atomic E-state index is -0.389. The van der Waals surface area contributed by atoms with Crippen LogP contribution in [0.4, 0.5) is 26.6 Å². The molecule has 8 nitrogen and oxygen atoms in total. The monoisotopic (exact) mass is 509 g/mol. The van der Waals surface area contributed by atoms with Gasteiger partial charge in [0.15, 0.2) is 4.34 Å². The van der Waals surface area contributed by atoms with Gasteiger partial charge in [-0.2, -0.15) is 0 Å². The Morgan fingerprint density at radius 1 is 0.943 bits per heavy atom. The van der Waals surface area contributed by atoms with Crippen molar-refractivity contribution >= 4 is 57.1 Å². The molecule has 178 valence electrons. The molecule has 0 spiro atoms. The van der Waals surface area contributed by atoms with E-state index in [-0.39, 0.29) is 23.4 Å². The minimum absolute atomic E-state index is 0.115. The molecule has 0 saturated heterocycles. The predicted molar refractivity (Wildman–Crippen MR) is 136 cm³/mol. The number of nitrogens with zero attached hydrogens (tertiary/aromatic N) is 2. The van der Waals surface area contributed by atoms with E-state index in [9.17, 15) is 14.0 Å². The average molecular weight is 510 g/mol. The standard InChI is InChI=1S/C24H20FN5O3S2/c1-33-20-9-5-4-8-19(20)27-22(32)15-10-12-16(13-11-15)26-21(31)14-34-24-30-29-23(35-24)28-18-7-3-2-6-17(18)25/h2-13H,14H2,1H3,(H,26,31)(H,27,32)(H,28,29). The normalized spacial score (nSPS) is 10.5. The molecule has 1 aromatic heterocycles. The fraction of sp³-hybridized carbons (Fsp3) is 0.0833. The van der Waals surface area contributed by atoms with Gasteiger partial charge in [-0.05, 0) is 48.5 Å². The smallest absolute Gasteiger partial charge is 0.255 e. The average Bonchev–Trinajstić information content (AvgIpc) is 3.32. The first kappa shape index (κ1) is 24.2. The molecule has 0 aliphatic carbocycles. The number of methoxy groups -OCH3 is 1. The molecular weight excluding hydrogens is 489 g/mol. The molecule has 3 N–H and O–H groups in total. The Kier molecular flexibility index (Phi) is 7.91. The van der Waals surface area contributed by atoms with Crippen LogP contribution in [0.5, 0.6) is 5.75 Å². The zero-order valence-corrected chi connectivity index (χ0v) is 20.1. The lowest BCUT2D eigenvalue weighted by Gasteiger charge is -2.10. The first-order valence-corrected chi connectivity index (χ1v) is 12.1. The van der Waals surface area contributed by atoms with Crippen LogP contribution in [-0.2, 0) is 4.79 Å². The second kappa shape index (κ2) is 11.4. The molecule has 0 saturated carbocycles. The van der Waals surface area contributed by atoms with Crippen molar-refractivity contribution < 1.29 is 18.7 Å². The summed E-state index contributed by atoms with van der Waals surface area (Å²) in [6, 6.07) is 20.0. The maximum atomic E-state index is 13.7. The Bertz CT molecular complexity index is 1330. The SMILES string of the molecule is COc1ccccc1NC(=O)c1ccc(NC(=O)CSc2nnc(Nc3ccccc3F)s2)cc1. The van der Waals surface area contributed by atoms with Crippen LogP contribution in [0, 0.1) is 5.82 Å². The van der Waals surface area contributed by atoms with Crippen molar-refractivity contribution in [3.8, 4) is 5.75 Å². The number of hydrogen-bond acceptors (Lipinski definition) is 8. The molecule has 0 unspecified atom stereocenters. The molecule has 2 amide bonds. The number of thioether (sulfide) groups is 1. The molecule has 0 fully saturated rings. The summed E-state index contributed by atoms with van der Waals surface area (Å²) in [6.45, 7) is 0. The van der Waals surface area contributed by atoms with E-state index in [1.807, 2.05) is 6.07 Å². The lowest BCUT2D eigenvalue weighted by Crippen LogP contribution is -2.15. The van der Waals surface area contributed by atoms with Gasteiger partial charge in [0.2, 0.25) is 11.0 Å². The summed E-state index contributed by atoms with van der Waals surface area (Å²) >= 11 is 2.44. The van der Waals surface area contributed by atoms with Gasteiger partial charge in [-0.1, -0.05) is 47.4 Å². The summed E-state index contributed by atoms with van der Waals surface area (Å²) in [5, 5.41) is 16.9. The fourth-order valence-electron chi connectivity index (χ4n) is 2.97. The quantitative estimate of drug-likeness (QED) is 0.259. The van der Waals surface area contributed by atoms with E-state index in [0.29, 0.717) is 37.8 Å². The molecular formula is C24H20FN5O3S2. The van der Waals surface area contributed by atoms with Gasteiger partial charge in [-0.3, -0.25) is 9.59 Å². The number of para-hydroxylation sites is 3. The summed E-state index contributed by atoms with van der Waals surface area (Å²) in [5.74, 6) is -0.240. The summed E-state index contributed by atoms with van der Waals surface area (Å²) in [7, 11) is 1.54. The van der Waals surface area contributed by atoms with Crippen LogP contribution in [0.3, 0.4) is 0 Å². The maximum absolute atomic E-state index is 13.7. The molecule has 4 rings (SSSR count). The number of halogens is 1. The third-order valence-electron chi connectivity index (χ3n) is 4.63. The van der Waals surface area contributed by atoms with Crippen LogP contribution in [0.15, 0.2) is 77.1 Å². The topological polar surface area (TPSA) is 105 Å². The summed E-state index contributed by atoms with van der Waals surface area (Å²) in [6.07, 6.45) is 0. The number of amides is 2. The number of rotatable bonds is 9. The summed E-state index contributed by atoms with van der Waals surface area (Å²) in [4.78, 5) is 24.8. The van der Waals surface area contributed by atoms with Gasteiger partial charge in [0, 0.05) is 11.3 Å². The Hall–Kier alpha value is -3.96. The van der Waals surface area contributed by atoms with Crippen molar-refractivity contribution in [1.29, 1.82) is 0 Å². The largest absolute Gasteiger partial charge is 0.495 e. The predicted octanol–water partition coefficient (Wildman–Crippen LogP) is 5.41. The van der Waals surface area contributed by atoms with E-state index in [0.717, 1.165) is 0 Å². The van der Waals surface area contributed by atoms with E-state index >= 15 is 0 Å². The van der Waals surface area contributed by atoms with Crippen LogP contribution >= 0.6 is 23.1 Å². The van der Waals surface area contributed by atoms with Crippen molar-refractivity contribution in [2.45, 2.75) is 4.34 Å². The molecule has 4 aromatic rings. The second-order valence-electron chi connectivity index (χ2n) is 7.05. The molecule has 0 radical (unpaired) electrons. The van der Waals surface area contributed by atoms with E-state index in [2.05, 4.69) is 26.1 Å². The second-order valence-corrected chi connectivity index (χ2v) is 9.25. The highest BCUT2D eigenvalue weighted by Gasteiger charge is 2.12. The third-order valence-corrected chi connectivity index (χ3v) is 6.61. The number of anilines is 4. The Morgan fingerprint density at radius 2 is 1.66 bits per heavy atom. The maximum Gasteiger partial charge on any atom is 0.255 e. The molecule has 11 heteroatoms. The van der Waals surface area contributed by atoms with Gasteiger partial charge >= 0.3 is 0 Å². The minimum Gasteiger partial charge on any atom is -0.495 e. The first-order valence-electron chi connectivity index (χ1n) is 10.3. The first-order chi connectivity index (χ1) is 17.0. The van der Waals surface area contributed by atoms with Crippen LogP contribution in [-0.4, -0.2) is 34.9 Å².